The van der Waals surface area contributed by atoms with Crippen molar-refractivity contribution in [1.82, 2.24) is 15.5 Å². The number of hydrogen-bond donors (Lipinski definition) is 3. The maximum absolute atomic E-state index is 12.3. The maximum Gasteiger partial charge on any atom is 0.245 e. The molecule has 0 aromatic carbocycles. The Kier molecular flexibility index (Phi) is 9.77. The van der Waals surface area contributed by atoms with Gasteiger partial charge in [-0.3, -0.25) is 14.4 Å². The van der Waals surface area contributed by atoms with Crippen molar-refractivity contribution >= 4 is 18.2 Å². The van der Waals surface area contributed by atoms with Crippen LogP contribution in [0, 0.1) is 11.3 Å². The lowest BCUT2D eigenvalue weighted by molar-refractivity contribution is -0.138. The van der Waals surface area contributed by atoms with E-state index in [1.807, 2.05) is 20.8 Å². The third-order valence-electron chi connectivity index (χ3n) is 5.15. The highest BCUT2D eigenvalue weighted by Crippen LogP contribution is 2.23. The molecule has 0 bridgehead atoms. The number of likely N-dealkylation sites (tertiary alicyclic amines) is 1. The third kappa shape index (κ3) is 8.73. The summed E-state index contributed by atoms with van der Waals surface area (Å²) in [6.45, 7) is 8.97. The van der Waals surface area contributed by atoms with E-state index in [9.17, 15) is 19.5 Å². The second kappa shape index (κ2) is 11.3. The maximum atomic E-state index is 12.3. The Morgan fingerprint density at radius 2 is 1.81 bits per heavy atom. The first-order valence-electron chi connectivity index (χ1n) is 10.1. The lowest BCUT2D eigenvalue weighted by Crippen LogP contribution is -2.54. The van der Waals surface area contributed by atoms with Crippen LogP contribution in [0.15, 0.2) is 0 Å². The van der Waals surface area contributed by atoms with E-state index in [4.69, 9.17) is 0 Å². The van der Waals surface area contributed by atoms with Gasteiger partial charge >= 0.3 is 0 Å². The summed E-state index contributed by atoms with van der Waals surface area (Å²) in [5, 5.41) is 14.9. The molecule has 2 rings (SSSR count). The summed E-state index contributed by atoms with van der Waals surface area (Å²) in [4.78, 5) is 35.0. The Balaban J connectivity index is 0.000000309. The average Bonchev–Trinajstić information content (AvgIpc) is 3.04. The predicted octanol–water partition coefficient (Wildman–Crippen LogP) is 1.44. The fourth-order valence-corrected chi connectivity index (χ4v) is 3.58. The molecule has 7 heteroatoms. The molecule has 1 aliphatic heterocycles. The van der Waals surface area contributed by atoms with Gasteiger partial charge in [-0.15, -0.1) is 0 Å². The van der Waals surface area contributed by atoms with E-state index >= 15 is 0 Å². The second-order valence-corrected chi connectivity index (χ2v) is 8.76. The predicted molar refractivity (Wildman–Crippen MR) is 105 cm³/mol. The number of β-amino-alcohol motifs (C(OH)–C–C–N with tert-alkyl or cyclic N) is 1. The van der Waals surface area contributed by atoms with Crippen molar-refractivity contribution in [1.29, 1.82) is 0 Å². The number of carbonyl (C=O) groups is 3. The van der Waals surface area contributed by atoms with Crippen molar-refractivity contribution in [3.05, 3.63) is 0 Å². The molecule has 2 atom stereocenters. The highest BCUT2D eigenvalue weighted by atomic mass is 16.3. The van der Waals surface area contributed by atoms with Crippen LogP contribution < -0.4 is 10.6 Å². The molecule has 156 valence electrons. The van der Waals surface area contributed by atoms with Crippen LogP contribution in [0.3, 0.4) is 0 Å². The summed E-state index contributed by atoms with van der Waals surface area (Å²) >= 11 is 0. The van der Waals surface area contributed by atoms with Crippen LogP contribution in [0.2, 0.25) is 0 Å². The number of hydrogen-bond acceptors (Lipinski definition) is 4. The Labute approximate surface area is 163 Å². The van der Waals surface area contributed by atoms with Gasteiger partial charge in [0, 0.05) is 26.6 Å². The summed E-state index contributed by atoms with van der Waals surface area (Å²) in [7, 11) is 0. The Morgan fingerprint density at radius 1 is 1.19 bits per heavy atom. The molecule has 0 aromatic heterocycles. The topological polar surface area (TPSA) is 98.7 Å². The van der Waals surface area contributed by atoms with E-state index in [1.165, 1.54) is 39.0 Å². The minimum Gasteiger partial charge on any atom is -0.391 e. The fraction of sp³-hybridized carbons (Fsp3) is 0.850. The Morgan fingerprint density at radius 3 is 2.26 bits per heavy atom. The smallest absolute Gasteiger partial charge is 0.245 e. The van der Waals surface area contributed by atoms with Gasteiger partial charge in [0.1, 0.15) is 6.04 Å². The van der Waals surface area contributed by atoms with E-state index in [-0.39, 0.29) is 17.2 Å². The van der Waals surface area contributed by atoms with Crippen LogP contribution >= 0.6 is 0 Å². The molecule has 3 N–H and O–H groups in total. The number of nitrogens with zero attached hydrogens (tertiary/aromatic N) is 1. The quantitative estimate of drug-likeness (QED) is 0.626. The molecule has 1 heterocycles. The lowest BCUT2D eigenvalue weighted by atomic mass is 9.85. The van der Waals surface area contributed by atoms with E-state index < -0.39 is 12.1 Å². The number of amides is 3. The van der Waals surface area contributed by atoms with Gasteiger partial charge in [0.05, 0.1) is 6.10 Å². The van der Waals surface area contributed by atoms with Crippen molar-refractivity contribution in [2.45, 2.75) is 78.4 Å². The minimum absolute atomic E-state index is 0.107. The molecule has 0 radical (unpaired) electrons. The summed E-state index contributed by atoms with van der Waals surface area (Å²) in [6, 6.07) is -0.537. The third-order valence-corrected chi connectivity index (χ3v) is 5.15. The van der Waals surface area contributed by atoms with E-state index in [0.29, 0.717) is 19.5 Å². The van der Waals surface area contributed by atoms with Crippen molar-refractivity contribution in [2.24, 2.45) is 11.3 Å². The van der Waals surface area contributed by atoms with Gasteiger partial charge in [-0.05, 0) is 30.6 Å². The minimum atomic E-state index is -0.537. The zero-order chi connectivity index (χ0) is 20.4. The summed E-state index contributed by atoms with van der Waals surface area (Å²) in [5.74, 6) is 0.446. The normalized spacial score (nSPS) is 21.7. The highest BCUT2D eigenvalue weighted by Gasteiger charge is 2.37. The molecule has 2 unspecified atom stereocenters. The summed E-state index contributed by atoms with van der Waals surface area (Å²) in [6.07, 6.45) is 7.68. The van der Waals surface area contributed by atoms with Gasteiger partial charge < -0.3 is 20.6 Å². The first kappa shape index (κ1) is 23.4. The zero-order valence-corrected chi connectivity index (χ0v) is 17.3. The van der Waals surface area contributed by atoms with Crippen LogP contribution in [-0.2, 0) is 14.4 Å². The highest BCUT2D eigenvalue weighted by molar-refractivity contribution is 5.87. The van der Waals surface area contributed by atoms with Crippen LogP contribution in [0.1, 0.15) is 66.2 Å². The van der Waals surface area contributed by atoms with E-state index in [1.54, 1.807) is 4.90 Å². The lowest BCUT2D eigenvalue weighted by Gasteiger charge is -2.33. The van der Waals surface area contributed by atoms with Gasteiger partial charge in [0.2, 0.25) is 18.2 Å². The number of carbonyl (C=O) groups excluding carboxylic acids is 3. The summed E-state index contributed by atoms with van der Waals surface area (Å²) < 4.78 is 0. The van der Waals surface area contributed by atoms with Gasteiger partial charge in [-0.1, -0.05) is 40.0 Å². The average molecular weight is 384 g/mol. The van der Waals surface area contributed by atoms with E-state index in [0.717, 1.165) is 18.9 Å². The number of aliphatic hydroxyl groups is 1. The molecule has 0 aromatic rings. The van der Waals surface area contributed by atoms with Gasteiger partial charge in [-0.25, -0.2) is 0 Å². The molecular formula is C20H37N3O4. The van der Waals surface area contributed by atoms with Crippen molar-refractivity contribution in [2.75, 3.05) is 19.6 Å². The van der Waals surface area contributed by atoms with Crippen LogP contribution in [0.5, 0.6) is 0 Å². The fourth-order valence-electron chi connectivity index (χ4n) is 3.58. The molecule has 27 heavy (non-hydrogen) atoms. The van der Waals surface area contributed by atoms with Crippen molar-refractivity contribution in [3.63, 3.8) is 0 Å². The second-order valence-electron chi connectivity index (χ2n) is 8.76. The Bertz CT molecular complexity index is 484. The monoisotopic (exact) mass is 383 g/mol. The Hall–Kier alpha value is -1.63. The molecule has 2 fully saturated rings. The molecule has 1 aliphatic carbocycles. The van der Waals surface area contributed by atoms with Crippen molar-refractivity contribution in [3.8, 4) is 0 Å². The zero-order valence-electron chi connectivity index (χ0n) is 17.3. The van der Waals surface area contributed by atoms with Gasteiger partial charge in [0.25, 0.3) is 0 Å². The number of rotatable bonds is 5. The standard InChI is InChI=1S/C12H22N2O3.C8H15NO/c1-8(15)13-10(12(2,3)4)11(17)14-6-5-9(16)7-14;10-7-9-6-8-4-2-1-3-5-8/h9-10,16H,5-7H2,1-4H3,(H,13,15);7-8H,1-6H2,(H,9,10). The summed E-state index contributed by atoms with van der Waals surface area (Å²) in [5.41, 5.74) is -0.337. The van der Waals surface area contributed by atoms with Gasteiger partial charge in [-0.2, -0.15) is 0 Å². The SMILES string of the molecule is CC(=O)NC(C(=O)N1CCC(O)C1)C(C)(C)C.O=CNCC1CCCCC1. The van der Waals surface area contributed by atoms with Crippen LogP contribution in [0.25, 0.3) is 0 Å². The molecule has 7 nitrogen and oxygen atoms in total. The molecule has 1 saturated heterocycles. The molecule has 2 aliphatic rings. The molecule has 0 spiro atoms. The first-order valence-corrected chi connectivity index (χ1v) is 10.1. The molecule has 3 amide bonds. The molecular weight excluding hydrogens is 346 g/mol. The first-order chi connectivity index (χ1) is 12.6. The van der Waals surface area contributed by atoms with Crippen LogP contribution in [0.4, 0.5) is 0 Å². The number of aliphatic hydroxyl groups excluding tert-OH is 1. The van der Waals surface area contributed by atoms with Gasteiger partial charge in [0.15, 0.2) is 0 Å². The number of nitrogens with one attached hydrogen (secondary N) is 2. The van der Waals surface area contributed by atoms with Crippen molar-refractivity contribution < 1.29 is 19.5 Å². The largest absolute Gasteiger partial charge is 0.391 e. The van der Waals surface area contributed by atoms with Crippen LogP contribution in [-0.4, -0.2) is 60.0 Å². The van der Waals surface area contributed by atoms with E-state index in [2.05, 4.69) is 10.6 Å². The molecule has 1 saturated carbocycles.